The van der Waals surface area contributed by atoms with E-state index in [1.807, 2.05) is 50.5 Å². The Bertz CT molecular complexity index is 1660. The van der Waals surface area contributed by atoms with Gasteiger partial charge in [0.25, 0.3) is 11.5 Å². The number of carbonyl (C=O) groups excluding carboxylic acids is 2. The zero-order chi connectivity index (χ0) is 28.5. The molecule has 0 saturated heterocycles. The van der Waals surface area contributed by atoms with E-state index in [-0.39, 0.29) is 35.3 Å². The number of hydrogen-bond acceptors (Lipinski definition) is 6. The van der Waals surface area contributed by atoms with Gasteiger partial charge in [-0.1, -0.05) is 42.5 Å². The van der Waals surface area contributed by atoms with Crippen molar-refractivity contribution in [2.24, 2.45) is 5.92 Å². The summed E-state index contributed by atoms with van der Waals surface area (Å²) in [6, 6.07) is 21.6. The van der Waals surface area contributed by atoms with Crippen molar-refractivity contribution < 1.29 is 9.59 Å². The summed E-state index contributed by atoms with van der Waals surface area (Å²) in [5.74, 6) is -0.274. The third kappa shape index (κ3) is 5.58. The Hall–Kier alpha value is -4.50. The van der Waals surface area contributed by atoms with Crippen molar-refractivity contribution in [3.05, 3.63) is 105 Å². The van der Waals surface area contributed by atoms with E-state index >= 15 is 0 Å². The van der Waals surface area contributed by atoms with E-state index in [0.717, 1.165) is 47.3 Å². The maximum Gasteiger partial charge on any atom is 0.272 e. The van der Waals surface area contributed by atoms with Crippen LogP contribution in [0.1, 0.15) is 57.5 Å². The fraction of sp³-hybridized carbons (Fsp3) is 0.312. The fourth-order valence-electron chi connectivity index (χ4n) is 5.65. The Balaban J connectivity index is 1.33. The number of H-pyrrole nitrogens is 1. The number of aromatic nitrogens is 2. The van der Waals surface area contributed by atoms with Crippen LogP contribution >= 0.6 is 0 Å². The topological polar surface area (TPSA) is 119 Å². The van der Waals surface area contributed by atoms with Crippen LogP contribution in [-0.2, 0) is 11.3 Å². The van der Waals surface area contributed by atoms with Gasteiger partial charge in [-0.2, -0.15) is 5.10 Å². The summed E-state index contributed by atoms with van der Waals surface area (Å²) < 4.78 is 0. The van der Waals surface area contributed by atoms with Gasteiger partial charge in [0.05, 0.1) is 23.0 Å². The molecule has 210 valence electrons. The first-order chi connectivity index (χ1) is 19.9. The van der Waals surface area contributed by atoms with Gasteiger partial charge in [0, 0.05) is 42.2 Å². The first-order valence-corrected chi connectivity index (χ1v) is 14.1. The monoisotopic (exact) mass is 550 g/mol. The predicted octanol–water partition coefficient (Wildman–Crippen LogP) is 3.54. The van der Waals surface area contributed by atoms with Crippen LogP contribution in [-0.4, -0.2) is 54.1 Å². The zero-order valence-electron chi connectivity index (χ0n) is 23.2. The van der Waals surface area contributed by atoms with Crippen LogP contribution < -0.4 is 21.5 Å². The fourth-order valence-corrected chi connectivity index (χ4v) is 5.65. The number of aromatic amines is 1. The molecule has 2 unspecified atom stereocenters. The van der Waals surface area contributed by atoms with Crippen LogP contribution in [0.15, 0.2) is 71.5 Å². The number of anilines is 1. The molecule has 1 aliphatic carbocycles. The van der Waals surface area contributed by atoms with Crippen LogP contribution in [0.2, 0.25) is 0 Å². The van der Waals surface area contributed by atoms with E-state index in [1.165, 1.54) is 5.56 Å². The number of amides is 2. The van der Waals surface area contributed by atoms with Crippen molar-refractivity contribution in [1.82, 2.24) is 25.7 Å². The van der Waals surface area contributed by atoms with Crippen LogP contribution in [0.4, 0.5) is 5.69 Å². The van der Waals surface area contributed by atoms with Gasteiger partial charge in [0.2, 0.25) is 5.91 Å². The molecule has 0 bridgehead atoms. The Morgan fingerprint density at radius 1 is 0.951 bits per heavy atom. The summed E-state index contributed by atoms with van der Waals surface area (Å²) >= 11 is 0. The molecule has 9 heteroatoms. The molecule has 2 heterocycles. The quantitative estimate of drug-likeness (QED) is 0.237. The molecule has 6 rings (SSSR count). The van der Waals surface area contributed by atoms with E-state index in [4.69, 9.17) is 0 Å². The third-order valence-electron chi connectivity index (χ3n) is 7.79. The molecule has 4 N–H and O–H groups in total. The van der Waals surface area contributed by atoms with Gasteiger partial charge in [0.15, 0.2) is 0 Å². The zero-order valence-corrected chi connectivity index (χ0v) is 23.2. The molecule has 0 radical (unpaired) electrons. The second-order valence-electron chi connectivity index (χ2n) is 11.2. The molecule has 3 aromatic carbocycles. The summed E-state index contributed by atoms with van der Waals surface area (Å²) in [6.45, 7) is 1.59. The van der Waals surface area contributed by atoms with Gasteiger partial charge in [-0.3, -0.25) is 14.4 Å². The average molecular weight is 551 g/mol. The maximum atomic E-state index is 13.1. The SMILES string of the molecule is CN(C)Cc1ccc(C2Nc3cccc4c(=O)[nH]nc(c34)C2c2cccc(C(=O)NCCNC(=O)C3CC3)c2)cc1. The summed E-state index contributed by atoms with van der Waals surface area (Å²) in [6.07, 6.45) is 1.90. The number of nitrogens with zero attached hydrogens (tertiary/aromatic N) is 2. The molecule has 0 spiro atoms. The number of hydrogen-bond donors (Lipinski definition) is 4. The van der Waals surface area contributed by atoms with Crippen molar-refractivity contribution >= 4 is 28.3 Å². The van der Waals surface area contributed by atoms with Gasteiger partial charge in [-0.15, -0.1) is 0 Å². The smallest absolute Gasteiger partial charge is 0.272 e. The molecule has 2 aliphatic rings. The highest BCUT2D eigenvalue weighted by molar-refractivity contribution is 5.98. The number of nitrogens with one attached hydrogen (secondary N) is 4. The lowest BCUT2D eigenvalue weighted by molar-refractivity contribution is -0.122. The number of rotatable bonds is 9. The van der Waals surface area contributed by atoms with Gasteiger partial charge in [0.1, 0.15) is 0 Å². The van der Waals surface area contributed by atoms with Crippen LogP contribution in [0, 0.1) is 5.92 Å². The average Bonchev–Trinajstić information content (AvgIpc) is 3.83. The van der Waals surface area contributed by atoms with Gasteiger partial charge < -0.3 is 20.9 Å². The molecule has 9 nitrogen and oxygen atoms in total. The Morgan fingerprint density at radius 2 is 1.71 bits per heavy atom. The number of carbonyl (C=O) groups is 2. The Morgan fingerprint density at radius 3 is 2.46 bits per heavy atom. The maximum absolute atomic E-state index is 13.1. The number of benzene rings is 3. The first-order valence-electron chi connectivity index (χ1n) is 14.1. The van der Waals surface area contributed by atoms with Crippen LogP contribution in [0.3, 0.4) is 0 Å². The highest BCUT2D eigenvalue weighted by atomic mass is 16.2. The van der Waals surface area contributed by atoms with E-state index < -0.39 is 0 Å². The van der Waals surface area contributed by atoms with Gasteiger partial charge in [-0.05, 0) is 67.9 Å². The summed E-state index contributed by atoms with van der Waals surface area (Å²) in [7, 11) is 4.09. The molecular weight excluding hydrogens is 516 g/mol. The van der Waals surface area contributed by atoms with E-state index in [0.29, 0.717) is 24.0 Å². The predicted molar refractivity (Wildman–Crippen MR) is 159 cm³/mol. The van der Waals surface area contributed by atoms with E-state index in [9.17, 15) is 14.4 Å². The second kappa shape index (κ2) is 11.2. The molecule has 2 amide bonds. The van der Waals surface area contributed by atoms with Crippen molar-refractivity contribution in [3.8, 4) is 0 Å². The molecular formula is C32H34N6O3. The van der Waals surface area contributed by atoms with E-state index in [1.54, 1.807) is 6.07 Å². The van der Waals surface area contributed by atoms with Crippen LogP contribution in [0.25, 0.3) is 10.8 Å². The molecule has 1 fully saturated rings. The molecule has 2 atom stereocenters. The van der Waals surface area contributed by atoms with E-state index in [2.05, 4.69) is 55.3 Å². The van der Waals surface area contributed by atoms with Crippen molar-refractivity contribution in [2.75, 3.05) is 32.5 Å². The molecule has 1 aromatic heterocycles. The lowest BCUT2D eigenvalue weighted by Crippen LogP contribution is -2.35. The lowest BCUT2D eigenvalue weighted by Gasteiger charge is -2.35. The highest BCUT2D eigenvalue weighted by Crippen LogP contribution is 2.46. The van der Waals surface area contributed by atoms with Crippen LogP contribution in [0.5, 0.6) is 0 Å². The van der Waals surface area contributed by atoms with Crippen molar-refractivity contribution in [1.29, 1.82) is 0 Å². The Labute approximate surface area is 238 Å². The summed E-state index contributed by atoms with van der Waals surface area (Å²) in [5, 5.41) is 18.1. The second-order valence-corrected chi connectivity index (χ2v) is 11.2. The minimum Gasteiger partial charge on any atom is -0.377 e. The molecule has 41 heavy (non-hydrogen) atoms. The summed E-state index contributed by atoms with van der Waals surface area (Å²) in [4.78, 5) is 39.8. The minimum atomic E-state index is -0.269. The van der Waals surface area contributed by atoms with Crippen molar-refractivity contribution in [2.45, 2.75) is 31.3 Å². The summed E-state index contributed by atoms with van der Waals surface area (Å²) in [5.41, 5.74) is 5.10. The molecule has 1 aliphatic heterocycles. The molecule has 4 aromatic rings. The van der Waals surface area contributed by atoms with Gasteiger partial charge >= 0.3 is 0 Å². The largest absolute Gasteiger partial charge is 0.377 e. The standard InChI is InChI=1S/C32H34N6O3/c1-38(2)18-19-9-11-20(12-10-19)28-26(29-27-24(32(41)37-36-29)7-4-8-25(27)35-28)22-5-3-6-23(17-22)31(40)34-16-15-33-30(39)21-13-14-21/h3-12,17,21,26,28,35H,13-16,18H2,1-2H3,(H,33,39)(H,34,40)(H,37,41). The highest BCUT2D eigenvalue weighted by Gasteiger charge is 2.35. The Kier molecular flexibility index (Phi) is 7.28. The van der Waals surface area contributed by atoms with Crippen molar-refractivity contribution in [3.63, 3.8) is 0 Å². The molecule has 1 saturated carbocycles. The van der Waals surface area contributed by atoms with Gasteiger partial charge in [-0.25, -0.2) is 5.10 Å². The normalized spacial score (nSPS) is 17.7. The first kappa shape index (κ1) is 26.7. The lowest BCUT2D eigenvalue weighted by atomic mass is 9.79. The third-order valence-corrected chi connectivity index (χ3v) is 7.79. The minimum absolute atomic E-state index is 0.0619.